The fourth-order valence-electron chi connectivity index (χ4n) is 2.80. The van der Waals surface area contributed by atoms with Crippen LogP contribution in [0.4, 0.5) is 4.79 Å². The van der Waals surface area contributed by atoms with Crippen LogP contribution < -0.4 is 10.6 Å². The largest absolute Gasteiger partial charge is 0.467 e. The minimum atomic E-state index is -0.242. The third-order valence-corrected chi connectivity index (χ3v) is 4.08. The number of carbonyl (C=O) groups excluding carboxylic acids is 2. The second-order valence-corrected chi connectivity index (χ2v) is 5.89. The summed E-state index contributed by atoms with van der Waals surface area (Å²) < 4.78 is 5.16. The van der Waals surface area contributed by atoms with E-state index in [9.17, 15) is 9.59 Å². The van der Waals surface area contributed by atoms with Crippen molar-refractivity contribution in [2.45, 2.75) is 25.4 Å². The van der Waals surface area contributed by atoms with E-state index in [4.69, 9.17) is 4.42 Å². The van der Waals surface area contributed by atoms with Gasteiger partial charge in [-0.3, -0.25) is 4.79 Å². The van der Waals surface area contributed by atoms with Gasteiger partial charge in [0.2, 0.25) is 5.91 Å². The van der Waals surface area contributed by atoms with Crippen molar-refractivity contribution in [3.05, 3.63) is 60.1 Å². The predicted molar refractivity (Wildman–Crippen MR) is 89.2 cm³/mol. The van der Waals surface area contributed by atoms with Crippen LogP contribution in [0.25, 0.3) is 0 Å². The highest BCUT2D eigenvalue weighted by molar-refractivity contribution is 5.79. The monoisotopic (exact) mass is 327 g/mol. The van der Waals surface area contributed by atoms with Crippen LogP contribution in [0.1, 0.15) is 17.7 Å². The molecule has 6 heteroatoms. The average molecular weight is 327 g/mol. The van der Waals surface area contributed by atoms with Gasteiger partial charge in [0.25, 0.3) is 0 Å². The normalized spacial score (nSPS) is 16.8. The van der Waals surface area contributed by atoms with Crippen LogP contribution in [0.15, 0.2) is 53.1 Å². The van der Waals surface area contributed by atoms with E-state index in [1.807, 2.05) is 35.2 Å². The molecule has 3 amide bonds. The maximum atomic E-state index is 12.3. The Morgan fingerprint density at radius 3 is 2.75 bits per heavy atom. The summed E-state index contributed by atoms with van der Waals surface area (Å²) in [6.07, 6.45) is 2.75. The van der Waals surface area contributed by atoms with Gasteiger partial charge in [-0.15, -0.1) is 0 Å². The molecule has 1 aromatic carbocycles. The second-order valence-electron chi connectivity index (χ2n) is 5.89. The number of rotatable bonds is 5. The fourth-order valence-corrected chi connectivity index (χ4v) is 2.80. The first kappa shape index (κ1) is 16.1. The number of carbonyl (C=O) groups is 2. The van der Waals surface area contributed by atoms with Gasteiger partial charge in [0.05, 0.1) is 19.2 Å². The lowest BCUT2D eigenvalue weighted by molar-refractivity contribution is -0.129. The van der Waals surface area contributed by atoms with Gasteiger partial charge in [-0.1, -0.05) is 30.3 Å². The molecule has 0 saturated carbocycles. The molecule has 6 nitrogen and oxygen atoms in total. The highest BCUT2D eigenvalue weighted by Gasteiger charge is 2.27. The smallest absolute Gasteiger partial charge is 0.315 e. The molecular weight excluding hydrogens is 306 g/mol. The molecule has 2 aromatic rings. The van der Waals surface area contributed by atoms with Crippen molar-refractivity contribution in [1.82, 2.24) is 15.5 Å². The molecule has 1 fully saturated rings. The molecule has 1 aliphatic rings. The maximum Gasteiger partial charge on any atom is 0.315 e. The zero-order valence-corrected chi connectivity index (χ0v) is 13.4. The Hall–Kier alpha value is -2.76. The molecule has 1 aromatic heterocycles. The molecule has 0 radical (unpaired) electrons. The van der Waals surface area contributed by atoms with Crippen molar-refractivity contribution in [2.75, 3.05) is 13.1 Å². The zero-order chi connectivity index (χ0) is 16.8. The summed E-state index contributed by atoms with van der Waals surface area (Å²) in [6, 6.07) is 13.0. The van der Waals surface area contributed by atoms with Crippen molar-refractivity contribution in [3.63, 3.8) is 0 Å². The summed E-state index contributed by atoms with van der Waals surface area (Å²) in [6.45, 7) is 1.58. The third kappa shape index (κ3) is 4.38. The number of nitrogens with one attached hydrogen (secondary N) is 2. The number of nitrogens with zero attached hydrogens (tertiary/aromatic N) is 1. The Morgan fingerprint density at radius 1 is 1.17 bits per heavy atom. The summed E-state index contributed by atoms with van der Waals surface area (Å²) in [7, 11) is 0. The average Bonchev–Trinajstić information content (AvgIpc) is 3.25. The lowest BCUT2D eigenvalue weighted by Crippen LogP contribution is -2.43. The molecule has 1 saturated heterocycles. The Kier molecular flexibility index (Phi) is 5.15. The predicted octanol–water partition coefficient (Wildman–Crippen LogP) is 1.92. The number of urea groups is 1. The van der Waals surface area contributed by atoms with Gasteiger partial charge < -0.3 is 20.0 Å². The first-order valence-electron chi connectivity index (χ1n) is 8.09. The molecule has 1 unspecified atom stereocenters. The molecule has 1 atom stereocenters. The summed E-state index contributed by atoms with van der Waals surface area (Å²) in [5.41, 5.74) is 1.01. The van der Waals surface area contributed by atoms with Gasteiger partial charge >= 0.3 is 6.03 Å². The van der Waals surface area contributed by atoms with Gasteiger partial charge in [-0.2, -0.15) is 0 Å². The molecular formula is C18H21N3O3. The Balaban J connectivity index is 1.41. The first-order chi connectivity index (χ1) is 11.7. The van der Waals surface area contributed by atoms with Gasteiger partial charge in [0.1, 0.15) is 5.76 Å². The van der Waals surface area contributed by atoms with E-state index in [-0.39, 0.29) is 18.0 Å². The van der Waals surface area contributed by atoms with E-state index in [0.717, 1.165) is 12.0 Å². The second kappa shape index (κ2) is 7.68. The molecule has 1 aliphatic heterocycles. The zero-order valence-electron chi connectivity index (χ0n) is 13.4. The van der Waals surface area contributed by atoms with E-state index in [0.29, 0.717) is 31.8 Å². The van der Waals surface area contributed by atoms with Crippen LogP contribution in [0.5, 0.6) is 0 Å². The number of likely N-dealkylation sites (tertiary alicyclic amines) is 1. The Labute approximate surface area is 140 Å². The highest BCUT2D eigenvalue weighted by atomic mass is 16.3. The van der Waals surface area contributed by atoms with E-state index in [1.165, 1.54) is 0 Å². The third-order valence-electron chi connectivity index (χ3n) is 4.08. The molecule has 24 heavy (non-hydrogen) atoms. The molecule has 0 bridgehead atoms. The molecule has 126 valence electrons. The summed E-state index contributed by atoms with van der Waals surface area (Å²) in [4.78, 5) is 26.0. The van der Waals surface area contributed by atoms with Crippen LogP contribution in [-0.4, -0.2) is 36.0 Å². The van der Waals surface area contributed by atoms with E-state index in [2.05, 4.69) is 10.6 Å². The van der Waals surface area contributed by atoms with Crippen molar-refractivity contribution in [2.24, 2.45) is 0 Å². The van der Waals surface area contributed by atoms with E-state index >= 15 is 0 Å². The van der Waals surface area contributed by atoms with Gasteiger partial charge in [-0.05, 0) is 24.1 Å². The Bertz CT molecular complexity index is 670. The molecule has 2 heterocycles. The van der Waals surface area contributed by atoms with Crippen molar-refractivity contribution >= 4 is 11.9 Å². The highest BCUT2D eigenvalue weighted by Crippen LogP contribution is 2.12. The lowest BCUT2D eigenvalue weighted by Gasteiger charge is -2.17. The lowest BCUT2D eigenvalue weighted by atomic mass is 10.1. The van der Waals surface area contributed by atoms with Gasteiger partial charge in [-0.25, -0.2) is 4.79 Å². The number of amides is 3. The SMILES string of the molecule is O=C(NCc1ccco1)NC1CCN(C(=O)Cc2ccccc2)C1. The quantitative estimate of drug-likeness (QED) is 0.881. The fraction of sp³-hybridized carbons (Fsp3) is 0.333. The van der Waals surface area contributed by atoms with Crippen LogP contribution >= 0.6 is 0 Å². The molecule has 0 aliphatic carbocycles. The van der Waals surface area contributed by atoms with Crippen LogP contribution in [0.3, 0.4) is 0 Å². The van der Waals surface area contributed by atoms with Gasteiger partial charge in [0, 0.05) is 19.1 Å². The topological polar surface area (TPSA) is 74.6 Å². The minimum absolute atomic E-state index is 0.0127. The number of hydrogen-bond donors (Lipinski definition) is 2. The first-order valence-corrected chi connectivity index (χ1v) is 8.09. The number of benzene rings is 1. The standard InChI is InChI=1S/C18H21N3O3/c22-17(11-14-5-2-1-3-6-14)21-9-8-15(13-21)20-18(23)19-12-16-7-4-10-24-16/h1-7,10,15H,8-9,11-13H2,(H2,19,20,23). The summed E-state index contributed by atoms with van der Waals surface area (Å²) in [5.74, 6) is 0.803. The summed E-state index contributed by atoms with van der Waals surface area (Å²) in [5, 5.41) is 5.65. The van der Waals surface area contributed by atoms with Crippen LogP contribution in [0, 0.1) is 0 Å². The van der Waals surface area contributed by atoms with Crippen molar-refractivity contribution in [3.8, 4) is 0 Å². The van der Waals surface area contributed by atoms with Crippen molar-refractivity contribution in [1.29, 1.82) is 0 Å². The molecule has 0 spiro atoms. The number of hydrogen-bond acceptors (Lipinski definition) is 3. The molecule has 3 rings (SSSR count). The van der Waals surface area contributed by atoms with E-state index in [1.54, 1.807) is 18.4 Å². The van der Waals surface area contributed by atoms with Crippen LogP contribution in [-0.2, 0) is 17.8 Å². The minimum Gasteiger partial charge on any atom is -0.467 e. The summed E-state index contributed by atoms with van der Waals surface area (Å²) >= 11 is 0. The van der Waals surface area contributed by atoms with Crippen LogP contribution in [0.2, 0.25) is 0 Å². The van der Waals surface area contributed by atoms with Crippen molar-refractivity contribution < 1.29 is 14.0 Å². The maximum absolute atomic E-state index is 12.3. The molecule has 2 N–H and O–H groups in total. The van der Waals surface area contributed by atoms with Gasteiger partial charge in [0.15, 0.2) is 0 Å². The number of furan rings is 1. The van der Waals surface area contributed by atoms with E-state index < -0.39 is 0 Å². The Morgan fingerprint density at radius 2 is 2.00 bits per heavy atom.